The van der Waals surface area contributed by atoms with Gasteiger partial charge in [0.15, 0.2) is 4.80 Å². The average molecular weight is 585 g/mol. The fraction of sp³-hybridized carbons (Fsp3) is 0.156. The van der Waals surface area contributed by atoms with E-state index in [4.69, 9.17) is 25.5 Å². The number of carbonyl (C=O) groups is 1. The number of ether oxygens (including phenoxy) is 2. The number of fused-ring (bicyclic) bond motifs is 2. The summed E-state index contributed by atoms with van der Waals surface area (Å²) in [6, 6.07) is 21.9. The smallest absolute Gasteiger partial charge is 0.338 e. The van der Waals surface area contributed by atoms with E-state index in [-0.39, 0.29) is 12.2 Å². The molecule has 1 aliphatic heterocycles. The normalized spacial score (nSPS) is 15.1. The molecule has 7 nitrogen and oxygen atoms in total. The summed E-state index contributed by atoms with van der Waals surface area (Å²) in [6.45, 7) is 3.74. The van der Waals surface area contributed by atoms with E-state index in [0.717, 1.165) is 16.3 Å². The summed E-state index contributed by atoms with van der Waals surface area (Å²) in [5, 5.41) is 2.50. The highest BCUT2D eigenvalue weighted by Gasteiger charge is 2.34. The maximum absolute atomic E-state index is 14.0. The van der Waals surface area contributed by atoms with E-state index in [1.54, 1.807) is 61.9 Å². The Kier molecular flexibility index (Phi) is 7.11. The molecule has 0 unspecified atom stereocenters. The molecule has 0 saturated carbocycles. The second-order valence-corrected chi connectivity index (χ2v) is 10.9. The Morgan fingerprint density at radius 3 is 2.73 bits per heavy atom. The lowest BCUT2D eigenvalue weighted by Crippen LogP contribution is -2.40. The van der Waals surface area contributed by atoms with E-state index in [1.165, 1.54) is 11.3 Å². The summed E-state index contributed by atoms with van der Waals surface area (Å²) < 4.78 is 19.0. The van der Waals surface area contributed by atoms with Gasteiger partial charge in [-0.15, -0.1) is 0 Å². The van der Waals surface area contributed by atoms with Crippen molar-refractivity contribution in [3.05, 3.63) is 120 Å². The van der Waals surface area contributed by atoms with E-state index in [0.29, 0.717) is 48.5 Å². The predicted molar refractivity (Wildman–Crippen MR) is 160 cm³/mol. The highest BCUT2D eigenvalue weighted by Crippen LogP contribution is 2.35. The molecule has 0 fully saturated rings. The number of hydrogen-bond acceptors (Lipinski definition) is 7. The molecule has 6 rings (SSSR count). The molecule has 3 aromatic carbocycles. The minimum absolute atomic E-state index is 0.209. The van der Waals surface area contributed by atoms with Crippen molar-refractivity contribution in [3.63, 3.8) is 0 Å². The van der Waals surface area contributed by atoms with Crippen molar-refractivity contribution in [2.45, 2.75) is 19.9 Å². The molecule has 1 aliphatic rings. The second-order valence-electron chi connectivity index (χ2n) is 9.42. The van der Waals surface area contributed by atoms with Crippen molar-refractivity contribution >= 4 is 45.8 Å². The van der Waals surface area contributed by atoms with Gasteiger partial charge in [0.25, 0.3) is 5.56 Å². The fourth-order valence-corrected chi connectivity index (χ4v) is 6.35. The number of esters is 1. The van der Waals surface area contributed by atoms with Crippen molar-refractivity contribution in [2.75, 3.05) is 13.7 Å². The minimum Gasteiger partial charge on any atom is -0.496 e. The Morgan fingerprint density at radius 2 is 1.93 bits per heavy atom. The third kappa shape index (κ3) is 4.79. The van der Waals surface area contributed by atoms with E-state index in [1.807, 2.05) is 42.5 Å². The van der Waals surface area contributed by atoms with Crippen LogP contribution in [-0.2, 0) is 9.53 Å². The average Bonchev–Trinajstić information content (AvgIpc) is 3.56. The van der Waals surface area contributed by atoms with Crippen LogP contribution in [0.25, 0.3) is 28.2 Å². The molecule has 206 valence electrons. The molecule has 0 N–H and O–H groups in total. The number of aromatic nitrogens is 1. The van der Waals surface area contributed by atoms with E-state index < -0.39 is 12.0 Å². The molecule has 2 aromatic heterocycles. The minimum atomic E-state index is -0.707. The van der Waals surface area contributed by atoms with Gasteiger partial charge in [-0.1, -0.05) is 65.4 Å². The standard InChI is InChI=1S/C32H25ClN2O5S/c1-4-39-31(37)28-18(2)34-32-35(29(28)23-11-7-9-19-8-5-6-10-22(19)23)30(36)27(41-32)17-21-13-15-26(40-21)24-16-20(33)12-14-25(24)38-3/h5-17,29H,4H2,1-3H3/b27-17+/t29-/m0/s1. The summed E-state index contributed by atoms with van der Waals surface area (Å²) in [6.07, 6.45) is 1.69. The molecule has 0 amide bonds. The van der Waals surface area contributed by atoms with Crippen LogP contribution < -0.4 is 19.6 Å². The molecule has 9 heteroatoms. The number of rotatable bonds is 6. The van der Waals surface area contributed by atoms with Gasteiger partial charge in [-0.05, 0) is 60.5 Å². The van der Waals surface area contributed by atoms with Gasteiger partial charge < -0.3 is 13.9 Å². The van der Waals surface area contributed by atoms with Crippen LogP contribution in [0.3, 0.4) is 0 Å². The first-order valence-electron chi connectivity index (χ1n) is 13.0. The van der Waals surface area contributed by atoms with Crippen LogP contribution in [0.1, 0.15) is 31.2 Å². The van der Waals surface area contributed by atoms with E-state index in [2.05, 4.69) is 4.99 Å². The van der Waals surface area contributed by atoms with E-state index >= 15 is 0 Å². The first kappa shape index (κ1) is 26.8. The largest absolute Gasteiger partial charge is 0.496 e. The SMILES string of the molecule is CCOC(=O)C1=C(C)N=c2s/c(=C/c3ccc(-c4cc(Cl)ccc4OC)o3)c(=O)n2[C@H]1c1cccc2ccccc12. The number of benzene rings is 3. The number of thiazole rings is 1. The van der Waals surface area contributed by atoms with Gasteiger partial charge in [0.1, 0.15) is 17.3 Å². The topological polar surface area (TPSA) is 83.0 Å². The van der Waals surface area contributed by atoms with Crippen LogP contribution in [0.15, 0.2) is 98.3 Å². The molecule has 5 aromatic rings. The Labute approximate surface area is 244 Å². The molecule has 3 heterocycles. The van der Waals surface area contributed by atoms with Gasteiger partial charge in [-0.25, -0.2) is 9.79 Å². The quantitative estimate of drug-likeness (QED) is 0.233. The van der Waals surface area contributed by atoms with Crippen LogP contribution in [0.4, 0.5) is 0 Å². The number of nitrogens with zero attached hydrogens (tertiary/aromatic N) is 2. The molecule has 0 radical (unpaired) electrons. The molecule has 0 aliphatic carbocycles. The monoisotopic (exact) mass is 584 g/mol. The van der Waals surface area contributed by atoms with Gasteiger partial charge in [0, 0.05) is 11.1 Å². The van der Waals surface area contributed by atoms with Crippen LogP contribution in [0.2, 0.25) is 5.02 Å². The van der Waals surface area contributed by atoms with Crippen LogP contribution >= 0.6 is 22.9 Å². The van der Waals surface area contributed by atoms with Gasteiger partial charge in [-0.3, -0.25) is 9.36 Å². The first-order valence-corrected chi connectivity index (χ1v) is 14.2. The van der Waals surface area contributed by atoms with Crippen molar-refractivity contribution in [1.82, 2.24) is 4.57 Å². The van der Waals surface area contributed by atoms with Crippen molar-refractivity contribution in [1.29, 1.82) is 0 Å². The number of hydrogen-bond donors (Lipinski definition) is 0. The molecule has 1 atom stereocenters. The Hall–Kier alpha value is -4.40. The van der Waals surface area contributed by atoms with Crippen molar-refractivity contribution < 1.29 is 18.7 Å². The Balaban J connectivity index is 1.52. The summed E-state index contributed by atoms with van der Waals surface area (Å²) in [4.78, 5) is 32.5. The fourth-order valence-electron chi connectivity index (χ4n) is 5.15. The summed E-state index contributed by atoms with van der Waals surface area (Å²) in [5.41, 5.74) is 2.10. The first-order chi connectivity index (χ1) is 19.9. The lowest BCUT2D eigenvalue weighted by atomic mass is 9.91. The third-order valence-corrected chi connectivity index (χ3v) is 8.18. The van der Waals surface area contributed by atoms with Crippen LogP contribution in [0.5, 0.6) is 5.75 Å². The lowest BCUT2D eigenvalue weighted by molar-refractivity contribution is -0.139. The summed E-state index contributed by atoms with van der Waals surface area (Å²) in [7, 11) is 1.58. The van der Waals surface area contributed by atoms with Gasteiger partial charge in [-0.2, -0.15) is 0 Å². The predicted octanol–water partition coefficient (Wildman–Crippen LogP) is 5.87. The Bertz CT molecular complexity index is 2030. The number of carbonyl (C=O) groups excluding carboxylic acids is 1. The maximum atomic E-state index is 14.0. The van der Waals surface area contributed by atoms with Gasteiger partial charge in [0.2, 0.25) is 0 Å². The molecular formula is C32H25ClN2O5S. The second kappa shape index (κ2) is 10.9. The zero-order valence-corrected chi connectivity index (χ0v) is 24.1. The lowest BCUT2D eigenvalue weighted by Gasteiger charge is -2.25. The molecule has 0 saturated heterocycles. The molecule has 0 spiro atoms. The number of methoxy groups -OCH3 is 1. The number of allylic oxidation sites excluding steroid dienone is 1. The highest BCUT2D eigenvalue weighted by atomic mass is 35.5. The Morgan fingerprint density at radius 1 is 1.12 bits per heavy atom. The molecule has 41 heavy (non-hydrogen) atoms. The van der Waals surface area contributed by atoms with Crippen LogP contribution in [0, 0.1) is 0 Å². The number of furan rings is 1. The summed E-state index contributed by atoms with van der Waals surface area (Å²) in [5.74, 6) is 1.16. The van der Waals surface area contributed by atoms with Crippen molar-refractivity contribution in [2.24, 2.45) is 4.99 Å². The molecule has 0 bridgehead atoms. The van der Waals surface area contributed by atoms with Crippen molar-refractivity contribution in [3.8, 4) is 17.1 Å². The van der Waals surface area contributed by atoms with Crippen LogP contribution in [-0.4, -0.2) is 24.3 Å². The third-order valence-electron chi connectivity index (χ3n) is 6.96. The van der Waals surface area contributed by atoms with E-state index in [9.17, 15) is 9.59 Å². The maximum Gasteiger partial charge on any atom is 0.338 e. The zero-order chi connectivity index (χ0) is 28.7. The van der Waals surface area contributed by atoms with Gasteiger partial charge in [0.05, 0.1) is 41.1 Å². The number of halogens is 1. The van der Waals surface area contributed by atoms with Gasteiger partial charge >= 0.3 is 5.97 Å². The zero-order valence-electron chi connectivity index (χ0n) is 22.5. The molecular weight excluding hydrogens is 560 g/mol. The summed E-state index contributed by atoms with van der Waals surface area (Å²) >= 11 is 7.45. The highest BCUT2D eigenvalue weighted by molar-refractivity contribution is 7.07.